The lowest BCUT2D eigenvalue weighted by Gasteiger charge is -2.23. The lowest BCUT2D eigenvalue weighted by Crippen LogP contribution is -2.14. The summed E-state index contributed by atoms with van der Waals surface area (Å²) in [5, 5.41) is 23.1. The topological polar surface area (TPSA) is 106 Å². The molecule has 0 radical (unpaired) electrons. The first kappa shape index (κ1) is 18.1. The minimum Gasteiger partial charge on any atom is -0.497 e. The maximum Gasteiger partial charge on any atom is 0.348 e. The van der Waals surface area contributed by atoms with Gasteiger partial charge in [0.2, 0.25) is 0 Å². The van der Waals surface area contributed by atoms with E-state index in [1.54, 1.807) is 26.0 Å². The molecule has 1 aliphatic carbocycles. The minimum absolute atomic E-state index is 0.0761. The first-order valence-corrected chi connectivity index (χ1v) is 9.10. The number of azo groups is 2. The first-order valence-electron chi connectivity index (χ1n) is 9.10. The molecule has 0 spiro atoms. The van der Waals surface area contributed by atoms with Gasteiger partial charge in [-0.3, -0.25) is 15.2 Å². The molecule has 4 rings (SSSR count). The summed E-state index contributed by atoms with van der Waals surface area (Å²) in [5.74, 6) is 1.82. The molecule has 2 aromatic rings. The Kier molecular flexibility index (Phi) is 4.58. The van der Waals surface area contributed by atoms with E-state index in [1.807, 2.05) is 18.2 Å². The van der Waals surface area contributed by atoms with Crippen molar-refractivity contribution in [2.45, 2.75) is 25.2 Å². The van der Waals surface area contributed by atoms with Gasteiger partial charge < -0.3 is 9.47 Å². The van der Waals surface area contributed by atoms with Crippen molar-refractivity contribution >= 4 is 5.70 Å². The molecule has 0 saturated carbocycles. The minimum atomic E-state index is -0.364. The third-order valence-electron chi connectivity index (χ3n) is 5.47. The van der Waals surface area contributed by atoms with Crippen LogP contribution in [0.3, 0.4) is 0 Å². The Morgan fingerprint density at radius 2 is 1.96 bits per heavy atom. The summed E-state index contributed by atoms with van der Waals surface area (Å²) in [6.45, 7) is 0.0761. The highest BCUT2D eigenvalue weighted by molar-refractivity contribution is 5.62. The van der Waals surface area contributed by atoms with Crippen LogP contribution in [0.2, 0.25) is 0 Å². The fourth-order valence-electron chi connectivity index (χ4n) is 3.99. The van der Waals surface area contributed by atoms with Crippen molar-refractivity contribution in [2.24, 2.45) is 5.11 Å². The largest absolute Gasteiger partial charge is 0.497 e. The molecule has 0 bridgehead atoms. The average Bonchev–Trinajstić information content (AvgIpc) is 3.29. The van der Waals surface area contributed by atoms with Gasteiger partial charge in [-0.15, -0.1) is 0 Å². The van der Waals surface area contributed by atoms with E-state index >= 15 is 0 Å². The molecule has 1 aliphatic heterocycles. The second-order valence-corrected chi connectivity index (χ2v) is 6.99. The predicted molar refractivity (Wildman–Crippen MR) is 100 cm³/mol. The van der Waals surface area contributed by atoms with Crippen LogP contribution in [0.1, 0.15) is 34.9 Å². The van der Waals surface area contributed by atoms with Crippen LogP contribution in [0.4, 0.5) is 0 Å². The zero-order chi connectivity index (χ0) is 19.8. The van der Waals surface area contributed by atoms with E-state index in [0.717, 1.165) is 47.6 Å². The van der Waals surface area contributed by atoms with Gasteiger partial charge in [0, 0.05) is 17.3 Å². The van der Waals surface area contributed by atoms with Crippen molar-refractivity contribution in [2.75, 3.05) is 27.8 Å². The summed E-state index contributed by atoms with van der Waals surface area (Å²) in [7, 11) is 5.01. The van der Waals surface area contributed by atoms with E-state index < -0.39 is 0 Å². The normalized spacial score (nSPS) is 18.7. The van der Waals surface area contributed by atoms with Crippen LogP contribution in [0.5, 0.6) is 11.5 Å². The van der Waals surface area contributed by atoms with Crippen LogP contribution < -0.4 is 9.47 Å². The van der Waals surface area contributed by atoms with E-state index in [0.29, 0.717) is 17.3 Å². The number of hydrogen-bond acceptors (Lipinski definition) is 6. The van der Waals surface area contributed by atoms with Crippen molar-refractivity contribution in [1.82, 2.24) is 10.2 Å². The number of benzene rings is 1. The van der Waals surface area contributed by atoms with Gasteiger partial charge in [-0.05, 0) is 48.0 Å². The molecule has 9 heteroatoms. The first-order chi connectivity index (χ1) is 13.5. The molecular weight excluding hydrogens is 362 g/mol. The van der Waals surface area contributed by atoms with Crippen LogP contribution in [0.25, 0.3) is 5.70 Å². The highest BCUT2D eigenvalue weighted by atomic mass is 16.6. The number of nitro groups is 1. The Labute approximate surface area is 161 Å². The van der Waals surface area contributed by atoms with Gasteiger partial charge in [-0.2, -0.15) is 5.10 Å². The SMILES string of the molecule is COc1cc(OC)cc(C2CCc3c(C4=C([N+](=O)[O-])CN=[N+]4C)n[nH]c3C2)c1. The molecular formula is C19H22N5O4+. The molecule has 1 unspecified atom stereocenters. The van der Waals surface area contributed by atoms with E-state index in [9.17, 15) is 10.1 Å². The number of nitrogens with one attached hydrogen (secondary N) is 1. The molecule has 146 valence electrons. The number of methoxy groups -OCH3 is 2. The number of aromatic amines is 1. The predicted octanol–water partition coefficient (Wildman–Crippen LogP) is 2.75. The van der Waals surface area contributed by atoms with E-state index in [2.05, 4.69) is 15.3 Å². The Morgan fingerprint density at radius 1 is 1.25 bits per heavy atom. The summed E-state index contributed by atoms with van der Waals surface area (Å²) in [6.07, 6.45) is 2.48. The van der Waals surface area contributed by atoms with Crippen molar-refractivity contribution in [3.8, 4) is 11.5 Å². The smallest absolute Gasteiger partial charge is 0.348 e. The van der Waals surface area contributed by atoms with Crippen molar-refractivity contribution in [3.63, 3.8) is 0 Å². The van der Waals surface area contributed by atoms with Crippen molar-refractivity contribution in [1.29, 1.82) is 0 Å². The number of fused-ring (bicyclic) bond motifs is 1. The molecule has 0 amide bonds. The number of nitrogens with zero attached hydrogens (tertiary/aromatic N) is 4. The second-order valence-electron chi connectivity index (χ2n) is 6.99. The molecule has 2 heterocycles. The summed E-state index contributed by atoms with van der Waals surface area (Å²) < 4.78 is 12.3. The lowest BCUT2D eigenvalue weighted by molar-refractivity contribution is -0.473. The fourth-order valence-corrected chi connectivity index (χ4v) is 3.99. The summed E-state index contributed by atoms with van der Waals surface area (Å²) in [6, 6.07) is 5.93. The molecule has 1 N–H and O–H groups in total. The summed E-state index contributed by atoms with van der Waals surface area (Å²) in [4.78, 5) is 11.0. The number of aromatic nitrogens is 2. The summed E-state index contributed by atoms with van der Waals surface area (Å²) in [5.41, 5.74) is 4.44. The van der Waals surface area contributed by atoms with Gasteiger partial charge >= 0.3 is 11.4 Å². The molecule has 1 aromatic carbocycles. The quantitative estimate of drug-likeness (QED) is 0.485. The van der Waals surface area contributed by atoms with Crippen LogP contribution in [-0.2, 0) is 12.8 Å². The standard InChI is InChI=1S/C19H22N5O4/c1-23-19(17(10-20-23)24(25)26)18-15-5-4-11(8-16(15)21-22-18)12-6-13(27-2)9-14(7-12)28-3/h6-7,9,11H,4-5,8,10H2,1-3H3,(H,21,22)/q+1. The van der Waals surface area contributed by atoms with Crippen LogP contribution >= 0.6 is 0 Å². The number of H-pyrrole nitrogens is 1. The maximum absolute atomic E-state index is 11.4. The Balaban J connectivity index is 1.67. The maximum atomic E-state index is 11.4. The number of rotatable bonds is 5. The lowest BCUT2D eigenvalue weighted by atomic mass is 9.82. The Hall–Kier alpha value is -3.23. The molecule has 1 atom stereocenters. The highest BCUT2D eigenvalue weighted by Gasteiger charge is 2.40. The van der Waals surface area contributed by atoms with Gasteiger partial charge in [-0.25, -0.2) is 0 Å². The third-order valence-corrected chi connectivity index (χ3v) is 5.47. The summed E-state index contributed by atoms with van der Waals surface area (Å²) >= 11 is 0. The Morgan fingerprint density at radius 3 is 2.61 bits per heavy atom. The van der Waals surface area contributed by atoms with Crippen LogP contribution in [-0.4, -0.2) is 47.6 Å². The molecule has 1 aromatic heterocycles. The van der Waals surface area contributed by atoms with Gasteiger partial charge in [0.1, 0.15) is 11.5 Å². The Bertz CT molecular complexity index is 985. The molecule has 0 fully saturated rings. The van der Waals surface area contributed by atoms with Gasteiger partial charge in [0.05, 0.1) is 19.1 Å². The van der Waals surface area contributed by atoms with Gasteiger partial charge in [0.25, 0.3) is 0 Å². The van der Waals surface area contributed by atoms with Gasteiger partial charge in [0.15, 0.2) is 19.3 Å². The second kappa shape index (κ2) is 7.06. The zero-order valence-electron chi connectivity index (χ0n) is 16.1. The molecule has 9 nitrogen and oxygen atoms in total. The fraction of sp³-hybridized carbons (Fsp3) is 0.421. The van der Waals surface area contributed by atoms with Crippen LogP contribution in [0, 0.1) is 10.1 Å². The highest BCUT2D eigenvalue weighted by Crippen LogP contribution is 2.38. The number of ether oxygens (including phenoxy) is 2. The monoisotopic (exact) mass is 384 g/mol. The van der Waals surface area contributed by atoms with E-state index in [4.69, 9.17) is 9.47 Å². The zero-order valence-corrected chi connectivity index (χ0v) is 16.1. The van der Waals surface area contributed by atoms with Crippen molar-refractivity contribution in [3.05, 3.63) is 56.5 Å². The van der Waals surface area contributed by atoms with E-state index in [-0.39, 0.29) is 17.2 Å². The van der Waals surface area contributed by atoms with Crippen LogP contribution in [0.15, 0.2) is 29.0 Å². The third kappa shape index (κ3) is 3.02. The molecule has 28 heavy (non-hydrogen) atoms. The number of hydrogen-bond donors (Lipinski definition) is 1. The van der Waals surface area contributed by atoms with Gasteiger partial charge in [-0.1, -0.05) is 4.70 Å². The average molecular weight is 384 g/mol. The molecule has 2 aliphatic rings. The molecule has 0 saturated heterocycles. The van der Waals surface area contributed by atoms with E-state index in [1.165, 1.54) is 0 Å². The van der Waals surface area contributed by atoms with Crippen molar-refractivity contribution < 1.29 is 19.1 Å².